The summed E-state index contributed by atoms with van der Waals surface area (Å²) in [7, 11) is 0. The highest BCUT2D eigenvalue weighted by Gasteiger charge is 2.13. The standard InChI is InChI=1S/C13H17N3O/c1-2-8-14-12(9-13-15-10-16-17-13)11-6-4-3-5-7-11/h3-7,10,12,14H,2,8-9H2,1H3. The Kier molecular flexibility index (Phi) is 4.27. The van der Waals surface area contributed by atoms with E-state index in [4.69, 9.17) is 4.52 Å². The third-order valence-electron chi connectivity index (χ3n) is 2.63. The largest absolute Gasteiger partial charge is 0.340 e. The highest BCUT2D eigenvalue weighted by molar-refractivity contribution is 5.19. The molecule has 90 valence electrons. The van der Waals surface area contributed by atoms with Crippen LogP contribution in [0.2, 0.25) is 0 Å². The van der Waals surface area contributed by atoms with Crippen molar-refractivity contribution in [2.24, 2.45) is 0 Å². The van der Waals surface area contributed by atoms with Gasteiger partial charge in [-0.1, -0.05) is 42.4 Å². The molecule has 1 unspecified atom stereocenters. The molecule has 1 N–H and O–H groups in total. The predicted octanol–water partition coefficient (Wildman–Crippen LogP) is 2.35. The smallest absolute Gasteiger partial charge is 0.228 e. The van der Waals surface area contributed by atoms with Gasteiger partial charge in [-0.15, -0.1) is 0 Å². The van der Waals surface area contributed by atoms with Gasteiger partial charge in [0.15, 0.2) is 6.33 Å². The summed E-state index contributed by atoms with van der Waals surface area (Å²) in [4.78, 5) is 4.07. The van der Waals surface area contributed by atoms with Gasteiger partial charge in [-0.05, 0) is 18.5 Å². The Labute approximate surface area is 101 Å². The van der Waals surface area contributed by atoms with Crippen LogP contribution in [0.5, 0.6) is 0 Å². The minimum Gasteiger partial charge on any atom is -0.340 e. The van der Waals surface area contributed by atoms with E-state index in [1.54, 1.807) is 0 Å². The van der Waals surface area contributed by atoms with Crippen molar-refractivity contribution in [3.8, 4) is 0 Å². The van der Waals surface area contributed by atoms with Gasteiger partial charge in [0.25, 0.3) is 0 Å². The molecule has 0 spiro atoms. The fourth-order valence-electron chi connectivity index (χ4n) is 1.77. The SMILES string of the molecule is CCCNC(Cc1ncno1)c1ccccc1. The van der Waals surface area contributed by atoms with E-state index in [2.05, 4.69) is 34.5 Å². The molecule has 4 nitrogen and oxygen atoms in total. The molecule has 0 saturated carbocycles. The molecule has 4 heteroatoms. The summed E-state index contributed by atoms with van der Waals surface area (Å²) < 4.78 is 5.06. The first-order chi connectivity index (χ1) is 8.40. The van der Waals surface area contributed by atoms with E-state index in [-0.39, 0.29) is 6.04 Å². The third-order valence-corrected chi connectivity index (χ3v) is 2.63. The zero-order valence-electron chi connectivity index (χ0n) is 9.97. The van der Waals surface area contributed by atoms with E-state index in [1.807, 2.05) is 18.2 Å². The summed E-state index contributed by atoms with van der Waals surface area (Å²) in [6.45, 7) is 3.13. The molecule has 1 heterocycles. The molecule has 0 fully saturated rings. The van der Waals surface area contributed by atoms with Gasteiger partial charge in [0.1, 0.15) is 0 Å². The van der Waals surface area contributed by atoms with Crippen molar-refractivity contribution in [1.29, 1.82) is 0 Å². The maximum atomic E-state index is 5.06. The monoisotopic (exact) mass is 231 g/mol. The first kappa shape index (κ1) is 11.8. The van der Waals surface area contributed by atoms with Crippen molar-refractivity contribution >= 4 is 0 Å². The Balaban J connectivity index is 2.08. The van der Waals surface area contributed by atoms with Crippen molar-refractivity contribution < 1.29 is 4.52 Å². The van der Waals surface area contributed by atoms with E-state index in [0.29, 0.717) is 5.89 Å². The summed E-state index contributed by atoms with van der Waals surface area (Å²) in [5, 5.41) is 7.13. The summed E-state index contributed by atoms with van der Waals surface area (Å²) in [5.41, 5.74) is 1.25. The fraction of sp³-hybridized carbons (Fsp3) is 0.385. The van der Waals surface area contributed by atoms with Gasteiger partial charge in [0.2, 0.25) is 5.89 Å². The first-order valence-electron chi connectivity index (χ1n) is 5.94. The molecule has 0 aliphatic heterocycles. The summed E-state index contributed by atoms with van der Waals surface area (Å²) >= 11 is 0. The number of rotatable bonds is 6. The van der Waals surface area contributed by atoms with Crippen LogP contribution in [-0.4, -0.2) is 16.7 Å². The average Bonchev–Trinajstić information content (AvgIpc) is 2.88. The minimum absolute atomic E-state index is 0.233. The lowest BCUT2D eigenvalue weighted by atomic mass is 10.0. The molecule has 2 aromatic rings. The number of nitrogens with zero attached hydrogens (tertiary/aromatic N) is 2. The molecule has 0 bridgehead atoms. The predicted molar refractivity (Wildman–Crippen MR) is 65.5 cm³/mol. The van der Waals surface area contributed by atoms with Crippen molar-refractivity contribution in [2.75, 3.05) is 6.54 Å². The maximum absolute atomic E-state index is 5.06. The maximum Gasteiger partial charge on any atom is 0.228 e. The van der Waals surface area contributed by atoms with E-state index in [1.165, 1.54) is 11.9 Å². The molecule has 0 amide bonds. The molecule has 0 saturated heterocycles. The highest BCUT2D eigenvalue weighted by atomic mass is 16.5. The molecular weight excluding hydrogens is 214 g/mol. The van der Waals surface area contributed by atoms with Crippen LogP contribution in [0.4, 0.5) is 0 Å². The van der Waals surface area contributed by atoms with Crippen LogP contribution < -0.4 is 5.32 Å². The Morgan fingerprint density at radius 2 is 2.12 bits per heavy atom. The average molecular weight is 231 g/mol. The highest BCUT2D eigenvalue weighted by Crippen LogP contribution is 2.16. The zero-order valence-corrected chi connectivity index (χ0v) is 9.97. The Bertz CT molecular complexity index is 413. The molecule has 0 radical (unpaired) electrons. The number of hydrogen-bond acceptors (Lipinski definition) is 4. The van der Waals surface area contributed by atoms with E-state index in [9.17, 15) is 0 Å². The summed E-state index contributed by atoms with van der Waals surface area (Å²) in [5.74, 6) is 0.669. The van der Waals surface area contributed by atoms with Crippen LogP contribution in [0.25, 0.3) is 0 Å². The molecule has 1 aromatic carbocycles. The molecule has 2 rings (SSSR count). The number of nitrogens with one attached hydrogen (secondary N) is 1. The van der Waals surface area contributed by atoms with E-state index < -0.39 is 0 Å². The molecular formula is C13H17N3O. The minimum atomic E-state index is 0.233. The van der Waals surface area contributed by atoms with E-state index in [0.717, 1.165) is 19.4 Å². The topological polar surface area (TPSA) is 51.0 Å². The van der Waals surface area contributed by atoms with Crippen LogP contribution in [0.15, 0.2) is 41.2 Å². The van der Waals surface area contributed by atoms with Crippen molar-refractivity contribution in [3.05, 3.63) is 48.1 Å². The van der Waals surface area contributed by atoms with Gasteiger partial charge in [-0.2, -0.15) is 4.98 Å². The van der Waals surface area contributed by atoms with Gasteiger partial charge in [0.05, 0.1) is 0 Å². The second-order valence-corrected chi connectivity index (χ2v) is 3.96. The third kappa shape index (κ3) is 3.39. The van der Waals surface area contributed by atoms with Crippen molar-refractivity contribution in [1.82, 2.24) is 15.5 Å². The molecule has 0 aliphatic rings. The van der Waals surface area contributed by atoms with Gasteiger partial charge in [-0.25, -0.2) is 0 Å². The lowest BCUT2D eigenvalue weighted by Crippen LogP contribution is -2.24. The lowest BCUT2D eigenvalue weighted by Gasteiger charge is -2.16. The Morgan fingerprint density at radius 3 is 2.76 bits per heavy atom. The van der Waals surface area contributed by atoms with Crippen LogP contribution in [-0.2, 0) is 6.42 Å². The molecule has 1 atom stereocenters. The van der Waals surface area contributed by atoms with E-state index >= 15 is 0 Å². The van der Waals surface area contributed by atoms with Crippen LogP contribution in [0.1, 0.15) is 30.8 Å². The molecule has 0 aliphatic carbocycles. The van der Waals surface area contributed by atoms with Gasteiger partial charge < -0.3 is 9.84 Å². The summed E-state index contributed by atoms with van der Waals surface area (Å²) in [6, 6.07) is 10.6. The van der Waals surface area contributed by atoms with Crippen molar-refractivity contribution in [3.63, 3.8) is 0 Å². The second kappa shape index (κ2) is 6.15. The van der Waals surface area contributed by atoms with Gasteiger partial charge in [-0.3, -0.25) is 0 Å². The fourth-order valence-corrected chi connectivity index (χ4v) is 1.77. The number of aromatic nitrogens is 2. The first-order valence-corrected chi connectivity index (χ1v) is 5.94. The second-order valence-electron chi connectivity index (χ2n) is 3.96. The lowest BCUT2D eigenvalue weighted by molar-refractivity contribution is 0.357. The summed E-state index contributed by atoms with van der Waals surface area (Å²) in [6.07, 6.45) is 3.27. The van der Waals surface area contributed by atoms with Gasteiger partial charge in [0, 0.05) is 12.5 Å². The normalized spacial score (nSPS) is 12.5. The van der Waals surface area contributed by atoms with Crippen molar-refractivity contribution in [2.45, 2.75) is 25.8 Å². The van der Waals surface area contributed by atoms with Crippen LogP contribution in [0, 0.1) is 0 Å². The van der Waals surface area contributed by atoms with Crippen LogP contribution in [0.3, 0.4) is 0 Å². The Morgan fingerprint density at radius 1 is 1.29 bits per heavy atom. The number of benzene rings is 1. The molecule has 17 heavy (non-hydrogen) atoms. The Hall–Kier alpha value is -1.68. The zero-order chi connectivity index (χ0) is 11.9. The number of hydrogen-bond donors (Lipinski definition) is 1. The quantitative estimate of drug-likeness (QED) is 0.829. The van der Waals surface area contributed by atoms with Gasteiger partial charge >= 0.3 is 0 Å². The molecule has 1 aromatic heterocycles. The van der Waals surface area contributed by atoms with Crippen LogP contribution >= 0.6 is 0 Å².